The second kappa shape index (κ2) is 8.73. The van der Waals surface area contributed by atoms with Crippen molar-refractivity contribution in [2.24, 2.45) is 0 Å². The molecule has 0 bridgehead atoms. The fourth-order valence-corrected chi connectivity index (χ4v) is 4.60. The lowest BCUT2D eigenvalue weighted by molar-refractivity contribution is -0.141. The summed E-state index contributed by atoms with van der Waals surface area (Å²) in [6, 6.07) is 13.4. The Morgan fingerprint density at radius 2 is 1.80 bits per heavy atom. The number of carbonyl (C=O) groups excluding carboxylic acids is 1. The molecule has 0 aliphatic heterocycles. The second-order valence-electron chi connectivity index (χ2n) is 4.94. The van der Waals surface area contributed by atoms with Gasteiger partial charge in [0.25, 0.3) is 10.0 Å². The molecule has 0 atom stereocenters. The molecule has 2 aromatic rings. The smallest absolute Gasteiger partial charge is 0.326 e. The van der Waals surface area contributed by atoms with Crippen LogP contribution in [0.25, 0.3) is 0 Å². The number of benzene rings is 2. The zero-order valence-corrected chi connectivity index (χ0v) is 17.0. The van der Waals surface area contributed by atoms with E-state index in [0.29, 0.717) is 10.2 Å². The SMILES string of the molecule is CCOC(=O)CN(c1ccccc1Br)S(=O)(=O)c1ccc(SC)cc1. The Labute approximate surface area is 160 Å². The van der Waals surface area contributed by atoms with Gasteiger partial charge in [-0.25, -0.2) is 8.42 Å². The van der Waals surface area contributed by atoms with E-state index in [0.717, 1.165) is 9.20 Å². The highest BCUT2D eigenvalue weighted by Crippen LogP contribution is 2.31. The average molecular weight is 444 g/mol. The quantitative estimate of drug-likeness (QED) is 0.479. The van der Waals surface area contributed by atoms with Crippen LogP contribution < -0.4 is 4.31 Å². The molecule has 0 unspecified atom stereocenters. The van der Waals surface area contributed by atoms with Gasteiger partial charge in [0.05, 0.1) is 17.2 Å². The van der Waals surface area contributed by atoms with Gasteiger partial charge in [0.15, 0.2) is 0 Å². The van der Waals surface area contributed by atoms with Crippen LogP contribution in [0.15, 0.2) is 62.8 Å². The van der Waals surface area contributed by atoms with Crippen molar-refractivity contribution >= 4 is 49.4 Å². The Balaban J connectivity index is 2.49. The molecule has 0 N–H and O–H groups in total. The van der Waals surface area contributed by atoms with Crippen LogP contribution in [0.1, 0.15) is 6.92 Å². The maximum atomic E-state index is 13.1. The Bertz CT molecular complexity index is 838. The lowest BCUT2D eigenvalue weighted by Crippen LogP contribution is -2.36. The molecule has 2 rings (SSSR count). The molecule has 0 saturated heterocycles. The molecular formula is C17H18BrNO4S2. The van der Waals surface area contributed by atoms with Crippen LogP contribution in [0, 0.1) is 0 Å². The van der Waals surface area contributed by atoms with Gasteiger partial charge in [-0.2, -0.15) is 0 Å². The number of ether oxygens (including phenoxy) is 1. The van der Waals surface area contributed by atoms with Crippen LogP contribution in [0.4, 0.5) is 5.69 Å². The van der Waals surface area contributed by atoms with Crippen molar-refractivity contribution in [1.29, 1.82) is 0 Å². The zero-order valence-electron chi connectivity index (χ0n) is 13.8. The molecule has 0 aromatic heterocycles. The van der Waals surface area contributed by atoms with Gasteiger partial charge in [0.1, 0.15) is 6.54 Å². The minimum atomic E-state index is -3.92. The van der Waals surface area contributed by atoms with Crippen molar-refractivity contribution in [3.8, 4) is 0 Å². The Morgan fingerprint density at radius 1 is 1.16 bits per heavy atom. The maximum Gasteiger partial charge on any atom is 0.326 e. The van der Waals surface area contributed by atoms with Crippen LogP contribution in [-0.4, -0.2) is 33.8 Å². The number of rotatable bonds is 7. The number of esters is 1. The first-order chi connectivity index (χ1) is 11.9. The number of nitrogens with zero attached hydrogens (tertiary/aromatic N) is 1. The minimum Gasteiger partial charge on any atom is -0.465 e. The van der Waals surface area contributed by atoms with Crippen LogP contribution in [0.3, 0.4) is 0 Å². The zero-order chi connectivity index (χ0) is 18.4. The minimum absolute atomic E-state index is 0.116. The average Bonchev–Trinajstić information content (AvgIpc) is 2.60. The summed E-state index contributed by atoms with van der Waals surface area (Å²) in [6.45, 7) is 1.46. The van der Waals surface area contributed by atoms with Crippen molar-refractivity contribution in [2.75, 3.05) is 23.7 Å². The summed E-state index contributed by atoms with van der Waals surface area (Å²) in [7, 11) is -3.92. The van der Waals surface area contributed by atoms with Crippen LogP contribution >= 0.6 is 27.7 Å². The summed E-state index contributed by atoms with van der Waals surface area (Å²) in [6.07, 6.45) is 1.91. The largest absolute Gasteiger partial charge is 0.465 e. The monoisotopic (exact) mass is 443 g/mol. The lowest BCUT2D eigenvalue weighted by atomic mass is 10.3. The molecule has 0 amide bonds. The van der Waals surface area contributed by atoms with E-state index in [2.05, 4.69) is 15.9 Å². The summed E-state index contributed by atoms with van der Waals surface area (Å²) in [4.78, 5) is 13.0. The molecule has 0 radical (unpaired) electrons. The predicted molar refractivity (Wildman–Crippen MR) is 104 cm³/mol. The molecule has 0 spiro atoms. The number of anilines is 1. The van der Waals surface area contributed by atoms with Gasteiger partial charge in [0.2, 0.25) is 0 Å². The van der Waals surface area contributed by atoms with Crippen molar-refractivity contribution < 1.29 is 17.9 Å². The summed E-state index contributed by atoms with van der Waals surface area (Å²) in [5.74, 6) is -0.609. The first-order valence-corrected chi connectivity index (χ1v) is 10.9. The molecule has 5 nitrogen and oxygen atoms in total. The van der Waals surface area contributed by atoms with Crippen LogP contribution in [0.5, 0.6) is 0 Å². The van der Waals surface area contributed by atoms with E-state index in [1.807, 2.05) is 6.26 Å². The highest BCUT2D eigenvalue weighted by Gasteiger charge is 2.29. The molecule has 0 fully saturated rings. The van der Waals surface area contributed by atoms with E-state index in [4.69, 9.17) is 4.74 Å². The molecule has 0 heterocycles. The highest BCUT2D eigenvalue weighted by atomic mass is 79.9. The lowest BCUT2D eigenvalue weighted by Gasteiger charge is -2.24. The maximum absolute atomic E-state index is 13.1. The Kier molecular flexibility index (Phi) is 6.92. The highest BCUT2D eigenvalue weighted by molar-refractivity contribution is 9.10. The van der Waals surface area contributed by atoms with Gasteiger partial charge in [-0.05, 0) is 65.5 Å². The van der Waals surface area contributed by atoms with E-state index in [9.17, 15) is 13.2 Å². The van der Waals surface area contributed by atoms with E-state index < -0.39 is 22.5 Å². The number of sulfonamides is 1. The summed E-state index contributed by atoms with van der Waals surface area (Å²) < 4.78 is 32.8. The molecule has 134 valence electrons. The van der Waals surface area contributed by atoms with E-state index >= 15 is 0 Å². The van der Waals surface area contributed by atoms with Gasteiger partial charge < -0.3 is 4.74 Å². The molecule has 25 heavy (non-hydrogen) atoms. The van der Waals surface area contributed by atoms with Crippen LogP contribution in [-0.2, 0) is 19.6 Å². The molecule has 2 aromatic carbocycles. The number of hydrogen-bond acceptors (Lipinski definition) is 5. The third-order valence-electron chi connectivity index (χ3n) is 3.35. The van der Waals surface area contributed by atoms with Crippen LogP contribution in [0.2, 0.25) is 0 Å². The third-order valence-corrected chi connectivity index (χ3v) is 6.53. The first kappa shape index (κ1) is 19.8. The van der Waals surface area contributed by atoms with E-state index in [-0.39, 0.29) is 11.5 Å². The number of thioether (sulfide) groups is 1. The van der Waals surface area contributed by atoms with Gasteiger partial charge in [-0.1, -0.05) is 12.1 Å². The molecule has 0 saturated carbocycles. The summed E-state index contributed by atoms with van der Waals surface area (Å²) in [5, 5.41) is 0. The van der Waals surface area contributed by atoms with Crippen molar-refractivity contribution in [3.05, 3.63) is 53.0 Å². The molecule has 0 aliphatic rings. The number of hydrogen-bond donors (Lipinski definition) is 0. The van der Waals surface area contributed by atoms with Gasteiger partial charge >= 0.3 is 5.97 Å². The molecular weight excluding hydrogens is 426 g/mol. The fourth-order valence-electron chi connectivity index (χ4n) is 2.15. The van der Waals surface area contributed by atoms with Crippen molar-refractivity contribution in [2.45, 2.75) is 16.7 Å². The molecule has 0 aliphatic carbocycles. The third kappa shape index (κ3) is 4.77. The van der Waals surface area contributed by atoms with Crippen molar-refractivity contribution in [3.63, 3.8) is 0 Å². The number of halogens is 1. The number of para-hydroxylation sites is 1. The fraction of sp³-hybridized carbons (Fsp3) is 0.235. The Morgan fingerprint density at radius 3 is 2.36 bits per heavy atom. The number of carbonyl (C=O) groups is 1. The van der Waals surface area contributed by atoms with Gasteiger partial charge in [0, 0.05) is 9.37 Å². The molecule has 8 heteroatoms. The summed E-state index contributed by atoms with van der Waals surface area (Å²) in [5.41, 5.74) is 0.379. The van der Waals surface area contributed by atoms with Gasteiger partial charge in [-0.15, -0.1) is 11.8 Å². The topological polar surface area (TPSA) is 63.7 Å². The standard InChI is InChI=1S/C17H18BrNO4S2/c1-3-23-17(20)12-19(16-7-5-4-6-15(16)18)25(21,22)14-10-8-13(24-2)9-11-14/h4-11H,3,12H2,1-2H3. The summed E-state index contributed by atoms with van der Waals surface area (Å²) >= 11 is 4.87. The van der Waals surface area contributed by atoms with E-state index in [1.165, 1.54) is 23.9 Å². The normalized spacial score (nSPS) is 11.2. The van der Waals surface area contributed by atoms with E-state index in [1.54, 1.807) is 43.3 Å². The predicted octanol–water partition coefficient (Wildman–Crippen LogP) is 3.93. The van der Waals surface area contributed by atoms with Gasteiger partial charge in [-0.3, -0.25) is 9.10 Å². The second-order valence-corrected chi connectivity index (χ2v) is 8.54. The first-order valence-electron chi connectivity index (χ1n) is 7.47. The Hall–Kier alpha value is -1.51. The van der Waals surface area contributed by atoms with Crippen molar-refractivity contribution in [1.82, 2.24) is 0 Å².